The van der Waals surface area contributed by atoms with E-state index in [1.54, 1.807) is 0 Å². The molecule has 2 N–H and O–H groups in total. The summed E-state index contributed by atoms with van der Waals surface area (Å²) in [6.07, 6.45) is 26.3. The first-order valence-corrected chi connectivity index (χ1v) is 16.2. The molecule has 222 valence electrons. The van der Waals surface area contributed by atoms with E-state index in [1.807, 2.05) is 0 Å². The third kappa shape index (κ3) is 12.3. The van der Waals surface area contributed by atoms with Gasteiger partial charge in [0.2, 0.25) is 0 Å². The smallest absolute Gasteiger partial charge is 0.303 e. The van der Waals surface area contributed by atoms with Gasteiger partial charge in [-0.1, -0.05) is 163 Å². The van der Waals surface area contributed by atoms with Crippen LogP contribution < -0.4 is 0 Å². The van der Waals surface area contributed by atoms with Crippen LogP contribution in [0, 0.1) is 16.2 Å². The number of hydrogen-bond donors (Lipinski definition) is 2. The van der Waals surface area contributed by atoms with Gasteiger partial charge in [-0.05, 0) is 35.7 Å². The van der Waals surface area contributed by atoms with Crippen molar-refractivity contribution in [3.63, 3.8) is 0 Å². The van der Waals surface area contributed by atoms with Crippen molar-refractivity contribution in [2.75, 3.05) is 0 Å². The molecule has 3 heteroatoms. The number of carbonyl (C=O) groups is 1. The molecular formula is C35H64O3. The van der Waals surface area contributed by atoms with Crippen molar-refractivity contribution >= 4 is 5.97 Å². The number of aliphatic hydroxyl groups excluding tert-OH is 1. The molecule has 0 aromatic heterocycles. The summed E-state index contributed by atoms with van der Waals surface area (Å²) in [5, 5.41) is 21.0. The molecule has 0 heterocycles. The molecule has 0 fully saturated rings. The van der Waals surface area contributed by atoms with E-state index in [0.29, 0.717) is 12.2 Å². The lowest BCUT2D eigenvalue weighted by molar-refractivity contribution is -0.137. The first-order chi connectivity index (χ1) is 17.8. The number of allylic oxidation sites excluding steroid dienone is 4. The highest BCUT2D eigenvalue weighted by Gasteiger charge is 2.49. The van der Waals surface area contributed by atoms with Gasteiger partial charge in [0, 0.05) is 11.8 Å². The second kappa shape index (κ2) is 17.4. The highest BCUT2D eigenvalue weighted by atomic mass is 16.4. The zero-order valence-corrected chi connectivity index (χ0v) is 26.5. The Balaban J connectivity index is 2.47. The van der Waals surface area contributed by atoms with Crippen molar-refractivity contribution in [3.05, 3.63) is 23.0 Å². The van der Waals surface area contributed by atoms with E-state index < -0.39 is 5.97 Å². The molecule has 1 atom stereocenters. The second-order valence-electron chi connectivity index (χ2n) is 14.3. The van der Waals surface area contributed by atoms with Gasteiger partial charge in [0.1, 0.15) is 5.76 Å². The van der Waals surface area contributed by atoms with Gasteiger partial charge >= 0.3 is 5.97 Å². The van der Waals surface area contributed by atoms with Crippen LogP contribution in [-0.2, 0) is 4.79 Å². The summed E-state index contributed by atoms with van der Waals surface area (Å²) in [6, 6.07) is 0. The predicted molar refractivity (Wildman–Crippen MR) is 165 cm³/mol. The van der Waals surface area contributed by atoms with Gasteiger partial charge in [0.05, 0.1) is 0 Å². The lowest BCUT2D eigenvalue weighted by atomic mass is 9.56. The Bertz CT molecular complexity index is 731. The largest absolute Gasteiger partial charge is 0.511 e. The summed E-state index contributed by atoms with van der Waals surface area (Å²) >= 11 is 0. The zero-order chi connectivity index (χ0) is 28.7. The summed E-state index contributed by atoms with van der Waals surface area (Å²) in [6.45, 7) is 15.5. The van der Waals surface area contributed by atoms with Crippen LogP contribution in [0.1, 0.15) is 177 Å². The quantitative estimate of drug-likeness (QED) is 0.153. The van der Waals surface area contributed by atoms with E-state index in [0.717, 1.165) is 24.8 Å². The number of rotatable bonds is 20. The van der Waals surface area contributed by atoms with E-state index >= 15 is 0 Å². The van der Waals surface area contributed by atoms with Crippen molar-refractivity contribution in [2.24, 2.45) is 16.2 Å². The van der Waals surface area contributed by atoms with Crippen LogP contribution in [0.2, 0.25) is 0 Å². The van der Waals surface area contributed by atoms with E-state index in [1.165, 1.54) is 102 Å². The molecule has 0 saturated carbocycles. The Morgan fingerprint density at radius 3 is 1.55 bits per heavy atom. The van der Waals surface area contributed by atoms with E-state index in [9.17, 15) is 15.0 Å². The van der Waals surface area contributed by atoms with Gasteiger partial charge < -0.3 is 10.2 Å². The van der Waals surface area contributed by atoms with Crippen LogP contribution in [0.25, 0.3) is 0 Å². The molecule has 1 aliphatic carbocycles. The van der Waals surface area contributed by atoms with Gasteiger partial charge in [-0.25, -0.2) is 0 Å². The maximum atomic E-state index is 11.7. The van der Waals surface area contributed by atoms with Crippen LogP contribution in [0.3, 0.4) is 0 Å². The predicted octanol–water partition coefficient (Wildman–Crippen LogP) is 11.7. The van der Waals surface area contributed by atoms with Crippen molar-refractivity contribution in [1.82, 2.24) is 0 Å². The Morgan fingerprint density at radius 2 is 1.18 bits per heavy atom. The summed E-state index contributed by atoms with van der Waals surface area (Å²) in [5.74, 6) is -0.196. The van der Waals surface area contributed by atoms with E-state index in [2.05, 4.69) is 54.5 Å². The summed E-state index contributed by atoms with van der Waals surface area (Å²) < 4.78 is 0. The van der Waals surface area contributed by atoms with Crippen LogP contribution in [0.15, 0.2) is 23.0 Å². The Kier molecular flexibility index (Phi) is 16.0. The average Bonchev–Trinajstić information content (AvgIpc) is 2.82. The molecule has 1 unspecified atom stereocenters. The molecule has 0 radical (unpaired) electrons. The molecule has 0 aliphatic heterocycles. The van der Waals surface area contributed by atoms with Gasteiger partial charge in [0.25, 0.3) is 0 Å². The Hall–Kier alpha value is -1.25. The van der Waals surface area contributed by atoms with Crippen molar-refractivity contribution in [2.45, 2.75) is 177 Å². The molecule has 1 aliphatic rings. The molecule has 0 aromatic carbocycles. The Labute approximate surface area is 237 Å². The highest BCUT2D eigenvalue weighted by Crippen LogP contribution is 2.57. The second-order valence-corrected chi connectivity index (χ2v) is 14.3. The molecule has 0 amide bonds. The summed E-state index contributed by atoms with van der Waals surface area (Å²) in [5.41, 5.74) is 1.57. The summed E-state index contributed by atoms with van der Waals surface area (Å²) in [4.78, 5) is 11.3. The minimum absolute atomic E-state index is 0.105. The first-order valence-electron chi connectivity index (χ1n) is 16.2. The molecule has 1 rings (SSSR count). The fourth-order valence-corrected chi connectivity index (χ4v) is 6.23. The van der Waals surface area contributed by atoms with Gasteiger partial charge in [-0.15, -0.1) is 0 Å². The normalized spacial score (nSPS) is 18.7. The average molecular weight is 533 g/mol. The molecule has 38 heavy (non-hydrogen) atoms. The van der Waals surface area contributed by atoms with E-state index in [4.69, 9.17) is 0 Å². The summed E-state index contributed by atoms with van der Waals surface area (Å²) in [7, 11) is 0. The van der Waals surface area contributed by atoms with Gasteiger partial charge in [-0.3, -0.25) is 4.79 Å². The number of carboxylic acid groups (broad SMARTS) is 1. The minimum Gasteiger partial charge on any atom is -0.511 e. The number of hydrogen-bond acceptors (Lipinski definition) is 2. The molecule has 0 aromatic rings. The van der Waals surface area contributed by atoms with E-state index in [-0.39, 0.29) is 22.7 Å². The van der Waals surface area contributed by atoms with Gasteiger partial charge in [0.15, 0.2) is 0 Å². The maximum absolute atomic E-state index is 11.7. The third-order valence-electron chi connectivity index (χ3n) is 8.95. The number of aliphatic carboxylic acids is 1. The fraction of sp³-hybridized carbons (Fsp3) is 0.857. The molecule has 0 bridgehead atoms. The fourth-order valence-electron chi connectivity index (χ4n) is 6.23. The number of unbranched alkanes of at least 4 members (excludes halogenated alkanes) is 15. The minimum atomic E-state index is -0.749. The lowest BCUT2D eigenvalue weighted by Gasteiger charge is -2.49. The topological polar surface area (TPSA) is 57.5 Å². The van der Waals surface area contributed by atoms with Crippen LogP contribution >= 0.6 is 0 Å². The first kappa shape index (κ1) is 34.8. The van der Waals surface area contributed by atoms with Crippen LogP contribution in [-0.4, -0.2) is 16.2 Å². The molecule has 0 saturated heterocycles. The van der Waals surface area contributed by atoms with Crippen molar-refractivity contribution in [1.29, 1.82) is 0 Å². The standard InChI is InChI=1S/C35H64O3/c1-8-9-10-11-12-13-14-15-16-17-18-19-20-21-22-23-26-35(34(5,6)7)28-29(24-25-31(36)37)27-30(32(35)38)33(2,3)4/h27,38H,8-26,28H2,1-7H3,(H,36,37). The van der Waals surface area contributed by atoms with Crippen molar-refractivity contribution < 1.29 is 15.0 Å². The zero-order valence-electron chi connectivity index (χ0n) is 26.5. The lowest BCUT2D eigenvalue weighted by Crippen LogP contribution is -2.41. The number of aliphatic hydroxyl groups is 1. The molecular weight excluding hydrogens is 468 g/mol. The maximum Gasteiger partial charge on any atom is 0.303 e. The van der Waals surface area contributed by atoms with Crippen LogP contribution in [0.5, 0.6) is 0 Å². The van der Waals surface area contributed by atoms with Crippen LogP contribution in [0.4, 0.5) is 0 Å². The third-order valence-corrected chi connectivity index (χ3v) is 8.95. The van der Waals surface area contributed by atoms with Crippen molar-refractivity contribution in [3.8, 4) is 0 Å². The number of carboxylic acids is 1. The SMILES string of the molecule is CCCCCCCCCCCCCCCCCCC1(C(C)(C)C)CC(CCC(=O)O)=CC(C(C)(C)C)=C1O. The highest BCUT2D eigenvalue weighted by molar-refractivity contribution is 5.67. The molecule has 0 spiro atoms. The van der Waals surface area contributed by atoms with Gasteiger partial charge in [-0.2, -0.15) is 0 Å². The monoisotopic (exact) mass is 532 g/mol. The molecule has 3 nitrogen and oxygen atoms in total. The Morgan fingerprint density at radius 1 is 0.763 bits per heavy atom.